The van der Waals surface area contributed by atoms with E-state index in [1.807, 2.05) is 55.8 Å². The van der Waals surface area contributed by atoms with Crippen molar-refractivity contribution in [1.29, 1.82) is 0 Å². The summed E-state index contributed by atoms with van der Waals surface area (Å²) < 4.78 is 0. The molecule has 0 saturated carbocycles. The van der Waals surface area contributed by atoms with Crippen molar-refractivity contribution >= 4 is 22.7 Å². The first kappa shape index (κ1) is 22.3. The summed E-state index contributed by atoms with van der Waals surface area (Å²) in [7, 11) is 0. The third kappa shape index (κ3) is 6.01. The zero-order chi connectivity index (χ0) is 21.2. The summed E-state index contributed by atoms with van der Waals surface area (Å²) in [6.45, 7) is 9.25. The summed E-state index contributed by atoms with van der Waals surface area (Å²) >= 11 is 3.09. The van der Waals surface area contributed by atoms with Gasteiger partial charge in [-0.2, -0.15) is 0 Å². The molecule has 2 heterocycles. The quantitative estimate of drug-likeness (QED) is 0.340. The minimum absolute atomic E-state index is 0.243. The van der Waals surface area contributed by atoms with Gasteiger partial charge in [-0.1, -0.05) is 19.9 Å². The molecule has 0 aliphatic heterocycles. The van der Waals surface area contributed by atoms with Crippen LogP contribution in [0.3, 0.4) is 0 Å². The maximum absolute atomic E-state index is 9.37. The first-order valence-corrected chi connectivity index (χ1v) is 10.9. The number of allylic oxidation sites excluding steroid dienone is 1. The molecule has 0 fully saturated rings. The Morgan fingerprint density at radius 2 is 1.03 bits per heavy atom. The van der Waals surface area contributed by atoms with Crippen molar-refractivity contribution in [3.63, 3.8) is 0 Å². The van der Waals surface area contributed by atoms with Gasteiger partial charge >= 0.3 is 0 Å². The largest absolute Gasteiger partial charge is 0.508 e. The van der Waals surface area contributed by atoms with E-state index >= 15 is 0 Å². The number of benzene rings is 2. The molecule has 0 bridgehead atoms. The second-order valence-corrected chi connectivity index (χ2v) is 7.29. The van der Waals surface area contributed by atoms with Crippen molar-refractivity contribution in [1.82, 2.24) is 9.97 Å². The lowest BCUT2D eigenvalue weighted by atomic mass is 10.2. The summed E-state index contributed by atoms with van der Waals surface area (Å²) in [5.74, 6) is 0.486. The van der Waals surface area contributed by atoms with Crippen molar-refractivity contribution in [3.05, 3.63) is 71.9 Å². The van der Waals surface area contributed by atoms with Crippen molar-refractivity contribution < 1.29 is 10.2 Å². The van der Waals surface area contributed by atoms with Crippen LogP contribution in [-0.2, 0) is 0 Å². The molecular weight excluding hydrogens is 400 g/mol. The maximum Gasteiger partial charge on any atom is 0.152 e. The van der Waals surface area contributed by atoms with E-state index in [2.05, 4.69) is 16.5 Å². The number of rotatable bonds is 3. The average Bonchev–Trinajstić information content (AvgIpc) is 3.41. The Labute approximate surface area is 179 Å². The van der Waals surface area contributed by atoms with Crippen molar-refractivity contribution in [2.24, 2.45) is 0 Å². The molecule has 2 N–H and O–H groups in total. The Hall–Kier alpha value is -2.96. The number of phenolic OH excluding ortho intramolecular Hbond substituents is 2. The molecule has 2 aromatic carbocycles. The third-order valence-corrected chi connectivity index (χ3v) is 5.34. The zero-order valence-corrected chi connectivity index (χ0v) is 18.3. The Morgan fingerprint density at radius 1 is 0.724 bits per heavy atom. The minimum Gasteiger partial charge on any atom is -0.508 e. The van der Waals surface area contributed by atoms with Crippen LogP contribution in [0.4, 0.5) is 0 Å². The Bertz CT molecular complexity index is 938. The van der Waals surface area contributed by atoms with Gasteiger partial charge in [0.25, 0.3) is 0 Å². The van der Waals surface area contributed by atoms with E-state index in [1.165, 1.54) is 0 Å². The second-order valence-electron chi connectivity index (χ2n) is 5.58. The molecular formula is C23H24N2O2S2. The van der Waals surface area contributed by atoms with Crippen molar-refractivity contribution in [2.45, 2.75) is 20.8 Å². The highest BCUT2D eigenvalue weighted by atomic mass is 32.1. The van der Waals surface area contributed by atoms with Gasteiger partial charge in [0, 0.05) is 21.9 Å². The van der Waals surface area contributed by atoms with Crippen LogP contribution in [0.5, 0.6) is 11.5 Å². The molecule has 0 radical (unpaired) electrons. The van der Waals surface area contributed by atoms with Crippen molar-refractivity contribution in [3.8, 4) is 44.0 Å². The van der Waals surface area contributed by atoms with E-state index in [-0.39, 0.29) is 11.5 Å². The molecule has 4 rings (SSSR count). The second kappa shape index (κ2) is 11.1. The third-order valence-electron chi connectivity index (χ3n) is 3.52. The molecule has 0 amide bonds. The van der Waals surface area contributed by atoms with Gasteiger partial charge in [0.05, 0.1) is 11.4 Å². The summed E-state index contributed by atoms with van der Waals surface area (Å²) in [4.78, 5) is 9.29. The summed E-state index contributed by atoms with van der Waals surface area (Å²) in [5, 5.41) is 24.5. The first-order chi connectivity index (χ1) is 14.1. The minimum atomic E-state index is 0.243. The summed E-state index contributed by atoms with van der Waals surface area (Å²) in [5.41, 5.74) is 3.67. The van der Waals surface area contributed by atoms with E-state index in [1.54, 1.807) is 53.0 Å². The standard InChI is InChI=1S/C18H12N2O2S2.C3H6.C2H6/c21-13-5-1-11(2-6-13)15-9-23-17(19-15)18-20-16(10-24-18)12-3-7-14(22)8-4-12;1-3-2;1-2/h1-10,21-22H;3H,1H2,2H3;1-2H3. The highest BCUT2D eigenvalue weighted by Crippen LogP contribution is 2.33. The molecule has 4 nitrogen and oxygen atoms in total. The van der Waals surface area contributed by atoms with Crippen LogP contribution < -0.4 is 0 Å². The number of hydrogen-bond donors (Lipinski definition) is 2. The van der Waals surface area contributed by atoms with Crippen LogP contribution in [0, 0.1) is 0 Å². The number of nitrogens with zero attached hydrogens (tertiary/aromatic N) is 2. The van der Waals surface area contributed by atoms with Gasteiger partial charge < -0.3 is 10.2 Å². The first-order valence-electron chi connectivity index (χ1n) is 9.18. The SMILES string of the molecule is C=CC.CC.Oc1ccc(-c2csc(-c3nc(-c4ccc(O)cc4)cs3)n2)cc1. The molecule has 0 aliphatic rings. The van der Waals surface area contributed by atoms with Crippen LogP contribution in [0.25, 0.3) is 32.5 Å². The lowest BCUT2D eigenvalue weighted by Crippen LogP contribution is -1.80. The van der Waals surface area contributed by atoms with E-state index in [4.69, 9.17) is 0 Å². The molecule has 0 saturated heterocycles. The molecule has 0 aliphatic carbocycles. The molecule has 0 unspecified atom stereocenters. The Kier molecular flexibility index (Phi) is 8.58. The summed E-state index contributed by atoms with van der Waals surface area (Å²) in [6, 6.07) is 14.0. The van der Waals surface area contributed by atoms with Gasteiger partial charge in [0.1, 0.15) is 11.5 Å². The topological polar surface area (TPSA) is 66.2 Å². The van der Waals surface area contributed by atoms with E-state index in [0.717, 1.165) is 32.5 Å². The smallest absolute Gasteiger partial charge is 0.152 e. The van der Waals surface area contributed by atoms with Crippen LogP contribution in [0.2, 0.25) is 0 Å². The van der Waals surface area contributed by atoms with Crippen LogP contribution >= 0.6 is 22.7 Å². The fourth-order valence-electron chi connectivity index (χ4n) is 2.27. The molecule has 0 atom stereocenters. The highest BCUT2D eigenvalue weighted by Gasteiger charge is 2.11. The number of aromatic nitrogens is 2. The monoisotopic (exact) mass is 424 g/mol. The lowest BCUT2D eigenvalue weighted by molar-refractivity contribution is 0.475. The predicted molar refractivity (Wildman–Crippen MR) is 125 cm³/mol. The van der Waals surface area contributed by atoms with Crippen LogP contribution in [0.15, 0.2) is 71.9 Å². The predicted octanol–water partition coefficient (Wildman–Crippen LogP) is 7.23. The average molecular weight is 425 g/mol. The number of hydrogen-bond acceptors (Lipinski definition) is 6. The molecule has 0 spiro atoms. The normalized spacial score (nSPS) is 9.62. The summed E-state index contributed by atoms with van der Waals surface area (Å²) in [6.07, 6.45) is 1.75. The van der Waals surface area contributed by atoms with Gasteiger partial charge in [0.2, 0.25) is 0 Å². The number of aromatic hydroxyl groups is 2. The fraction of sp³-hybridized carbons (Fsp3) is 0.130. The van der Waals surface area contributed by atoms with Crippen molar-refractivity contribution in [2.75, 3.05) is 0 Å². The molecule has 6 heteroatoms. The molecule has 4 aromatic rings. The van der Waals surface area contributed by atoms with E-state index in [0.29, 0.717) is 0 Å². The van der Waals surface area contributed by atoms with Gasteiger partial charge in [-0.3, -0.25) is 0 Å². The maximum atomic E-state index is 9.37. The van der Waals surface area contributed by atoms with Gasteiger partial charge in [-0.05, 0) is 55.5 Å². The Morgan fingerprint density at radius 3 is 1.34 bits per heavy atom. The van der Waals surface area contributed by atoms with Crippen LogP contribution in [0.1, 0.15) is 20.8 Å². The van der Waals surface area contributed by atoms with Gasteiger partial charge in [-0.25, -0.2) is 9.97 Å². The highest BCUT2D eigenvalue weighted by molar-refractivity contribution is 7.20. The van der Waals surface area contributed by atoms with E-state index in [9.17, 15) is 10.2 Å². The van der Waals surface area contributed by atoms with Crippen LogP contribution in [-0.4, -0.2) is 20.2 Å². The lowest BCUT2D eigenvalue weighted by Gasteiger charge is -1.97. The molecule has 29 heavy (non-hydrogen) atoms. The Balaban J connectivity index is 0.000000551. The number of phenols is 2. The molecule has 150 valence electrons. The van der Waals surface area contributed by atoms with Gasteiger partial charge in [-0.15, -0.1) is 29.3 Å². The van der Waals surface area contributed by atoms with Gasteiger partial charge in [0.15, 0.2) is 10.0 Å². The zero-order valence-electron chi connectivity index (χ0n) is 16.7. The fourth-order valence-corrected chi connectivity index (χ4v) is 3.98. The molecule has 2 aromatic heterocycles. The number of thiazole rings is 2. The van der Waals surface area contributed by atoms with E-state index < -0.39 is 0 Å².